The molecule has 0 saturated carbocycles. The monoisotopic (exact) mass is 194 g/mol. The van der Waals surface area contributed by atoms with Gasteiger partial charge in [0.2, 0.25) is 0 Å². The zero-order valence-electron chi connectivity index (χ0n) is 7.94. The number of aliphatic hydroxyl groups excluding tert-OH is 1. The maximum Gasteiger partial charge on any atom is 0.0700 e. The molecular formula is C10H14N2O2. The van der Waals surface area contributed by atoms with Crippen molar-refractivity contribution in [2.45, 2.75) is 12.6 Å². The Hall–Kier alpha value is -0.970. The Morgan fingerprint density at radius 1 is 1.64 bits per heavy atom. The minimum atomic E-state index is 0.0291. The van der Waals surface area contributed by atoms with Crippen LogP contribution in [0.3, 0.4) is 0 Å². The standard InChI is InChI=1S/C10H14N2O2/c13-6-8-5-11-2-1-9(8)10-7-14-4-3-12-10/h1-2,5,10,12-13H,3-4,6-7H2/t10-/m1/s1. The van der Waals surface area contributed by atoms with E-state index in [0.29, 0.717) is 6.61 Å². The van der Waals surface area contributed by atoms with Crippen molar-refractivity contribution in [3.8, 4) is 0 Å². The molecule has 1 aliphatic rings. The number of ether oxygens (including phenoxy) is 1. The first-order valence-corrected chi connectivity index (χ1v) is 4.76. The van der Waals surface area contributed by atoms with Crippen molar-refractivity contribution in [2.75, 3.05) is 19.8 Å². The number of aromatic nitrogens is 1. The second-order valence-corrected chi connectivity index (χ2v) is 3.31. The van der Waals surface area contributed by atoms with Crippen LogP contribution in [-0.4, -0.2) is 29.8 Å². The molecule has 14 heavy (non-hydrogen) atoms. The highest BCUT2D eigenvalue weighted by atomic mass is 16.5. The molecule has 0 unspecified atom stereocenters. The second-order valence-electron chi connectivity index (χ2n) is 3.31. The highest BCUT2D eigenvalue weighted by Gasteiger charge is 2.17. The Morgan fingerprint density at radius 3 is 3.29 bits per heavy atom. The molecule has 1 atom stereocenters. The molecule has 1 saturated heterocycles. The van der Waals surface area contributed by atoms with Gasteiger partial charge in [0.05, 0.1) is 25.9 Å². The normalized spacial score (nSPS) is 22.2. The van der Waals surface area contributed by atoms with Crippen LogP contribution in [0.1, 0.15) is 17.2 Å². The van der Waals surface area contributed by atoms with Gasteiger partial charge in [0.25, 0.3) is 0 Å². The van der Waals surface area contributed by atoms with Gasteiger partial charge in [-0.1, -0.05) is 0 Å². The molecule has 4 nitrogen and oxygen atoms in total. The van der Waals surface area contributed by atoms with Gasteiger partial charge in [-0.25, -0.2) is 0 Å². The molecule has 76 valence electrons. The molecule has 0 spiro atoms. The number of nitrogens with one attached hydrogen (secondary N) is 1. The number of morpholine rings is 1. The van der Waals surface area contributed by atoms with E-state index in [4.69, 9.17) is 9.84 Å². The SMILES string of the molecule is OCc1cnccc1[C@H]1COCCN1. The number of rotatable bonds is 2. The first-order valence-electron chi connectivity index (χ1n) is 4.76. The number of pyridine rings is 1. The van der Waals surface area contributed by atoms with E-state index in [2.05, 4.69) is 10.3 Å². The van der Waals surface area contributed by atoms with Crippen molar-refractivity contribution in [1.29, 1.82) is 0 Å². The van der Waals surface area contributed by atoms with Gasteiger partial charge in [-0.3, -0.25) is 4.98 Å². The minimum Gasteiger partial charge on any atom is -0.392 e. The molecule has 0 aromatic carbocycles. The van der Waals surface area contributed by atoms with Crippen molar-refractivity contribution >= 4 is 0 Å². The molecule has 2 heterocycles. The summed E-state index contributed by atoms with van der Waals surface area (Å²) in [5.74, 6) is 0. The second kappa shape index (κ2) is 4.50. The molecule has 0 amide bonds. The fraction of sp³-hybridized carbons (Fsp3) is 0.500. The summed E-state index contributed by atoms with van der Waals surface area (Å²) in [6, 6.07) is 2.12. The predicted octanol–water partition coefficient (Wildman–Crippen LogP) is 0.235. The fourth-order valence-corrected chi connectivity index (χ4v) is 1.68. The lowest BCUT2D eigenvalue weighted by Gasteiger charge is -2.25. The summed E-state index contributed by atoms with van der Waals surface area (Å²) in [6.07, 6.45) is 3.44. The van der Waals surface area contributed by atoms with E-state index in [9.17, 15) is 0 Å². The zero-order chi connectivity index (χ0) is 9.80. The maximum absolute atomic E-state index is 9.14. The lowest BCUT2D eigenvalue weighted by molar-refractivity contribution is 0.0761. The molecule has 1 fully saturated rings. The Balaban J connectivity index is 2.20. The topological polar surface area (TPSA) is 54.4 Å². The van der Waals surface area contributed by atoms with Gasteiger partial charge in [0, 0.05) is 24.5 Å². The molecule has 2 N–H and O–H groups in total. The highest BCUT2D eigenvalue weighted by Crippen LogP contribution is 2.19. The molecule has 0 bridgehead atoms. The van der Waals surface area contributed by atoms with Crippen molar-refractivity contribution in [1.82, 2.24) is 10.3 Å². The van der Waals surface area contributed by atoms with Gasteiger partial charge >= 0.3 is 0 Å². The lowest BCUT2D eigenvalue weighted by Crippen LogP contribution is -2.35. The molecule has 4 heteroatoms. The summed E-state index contributed by atoms with van der Waals surface area (Å²) in [5.41, 5.74) is 1.96. The van der Waals surface area contributed by atoms with Crippen molar-refractivity contribution in [2.24, 2.45) is 0 Å². The maximum atomic E-state index is 9.14. The van der Waals surface area contributed by atoms with E-state index in [1.165, 1.54) is 0 Å². The minimum absolute atomic E-state index is 0.0291. The van der Waals surface area contributed by atoms with E-state index >= 15 is 0 Å². The summed E-state index contributed by atoms with van der Waals surface area (Å²) in [7, 11) is 0. The molecule has 1 aliphatic heterocycles. The number of hydrogen-bond donors (Lipinski definition) is 2. The van der Waals surface area contributed by atoms with Gasteiger partial charge in [-0.05, 0) is 11.6 Å². The Morgan fingerprint density at radius 2 is 2.57 bits per heavy atom. The van der Waals surface area contributed by atoms with Crippen LogP contribution in [0, 0.1) is 0 Å². The summed E-state index contributed by atoms with van der Waals surface area (Å²) in [6.45, 7) is 2.31. The van der Waals surface area contributed by atoms with Crippen LogP contribution in [-0.2, 0) is 11.3 Å². The van der Waals surface area contributed by atoms with Crippen molar-refractivity contribution < 1.29 is 9.84 Å². The molecule has 1 aromatic heterocycles. The van der Waals surface area contributed by atoms with Gasteiger partial charge in [-0.15, -0.1) is 0 Å². The van der Waals surface area contributed by atoms with Crippen LogP contribution in [0.15, 0.2) is 18.5 Å². The molecular weight excluding hydrogens is 180 g/mol. The summed E-state index contributed by atoms with van der Waals surface area (Å²) >= 11 is 0. The highest BCUT2D eigenvalue weighted by molar-refractivity contribution is 5.26. The average Bonchev–Trinajstić information content (AvgIpc) is 2.30. The van der Waals surface area contributed by atoms with Gasteiger partial charge in [0.1, 0.15) is 0 Å². The molecule has 0 radical (unpaired) electrons. The average molecular weight is 194 g/mol. The number of nitrogens with zero attached hydrogens (tertiary/aromatic N) is 1. The predicted molar refractivity (Wildman–Crippen MR) is 51.7 cm³/mol. The fourth-order valence-electron chi connectivity index (χ4n) is 1.68. The first-order chi connectivity index (χ1) is 6.92. The quantitative estimate of drug-likeness (QED) is 0.708. The molecule has 0 aliphatic carbocycles. The van der Waals surface area contributed by atoms with Crippen LogP contribution in [0.25, 0.3) is 0 Å². The number of aliphatic hydroxyl groups is 1. The Kier molecular flexibility index (Phi) is 3.08. The summed E-state index contributed by atoms with van der Waals surface area (Å²) in [4.78, 5) is 3.98. The smallest absolute Gasteiger partial charge is 0.0700 e. The van der Waals surface area contributed by atoms with Crippen molar-refractivity contribution in [3.63, 3.8) is 0 Å². The third kappa shape index (κ3) is 1.92. The lowest BCUT2D eigenvalue weighted by atomic mass is 10.0. The largest absolute Gasteiger partial charge is 0.392 e. The van der Waals surface area contributed by atoms with Crippen LogP contribution in [0.4, 0.5) is 0 Å². The van der Waals surface area contributed by atoms with Gasteiger partial charge in [0.15, 0.2) is 0 Å². The van der Waals surface area contributed by atoms with E-state index in [0.717, 1.165) is 24.3 Å². The summed E-state index contributed by atoms with van der Waals surface area (Å²) in [5, 5.41) is 12.5. The van der Waals surface area contributed by atoms with E-state index < -0.39 is 0 Å². The zero-order valence-corrected chi connectivity index (χ0v) is 7.94. The van der Waals surface area contributed by atoms with Crippen LogP contribution >= 0.6 is 0 Å². The van der Waals surface area contributed by atoms with Crippen LogP contribution in [0.5, 0.6) is 0 Å². The Labute approximate surface area is 82.9 Å². The number of hydrogen-bond acceptors (Lipinski definition) is 4. The van der Waals surface area contributed by atoms with Crippen molar-refractivity contribution in [3.05, 3.63) is 29.6 Å². The van der Waals surface area contributed by atoms with Crippen LogP contribution in [0.2, 0.25) is 0 Å². The van der Waals surface area contributed by atoms with Gasteiger partial charge < -0.3 is 15.2 Å². The van der Waals surface area contributed by atoms with E-state index in [-0.39, 0.29) is 12.6 Å². The van der Waals surface area contributed by atoms with E-state index in [1.807, 2.05) is 6.07 Å². The van der Waals surface area contributed by atoms with Crippen LogP contribution < -0.4 is 5.32 Å². The molecule has 2 rings (SSSR count). The molecule has 1 aromatic rings. The van der Waals surface area contributed by atoms with Gasteiger partial charge in [-0.2, -0.15) is 0 Å². The summed E-state index contributed by atoms with van der Waals surface area (Å²) < 4.78 is 5.37. The van der Waals surface area contributed by atoms with E-state index in [1.54, 1.807) is 12.4 Å². The first kappa shape index (κ1) is 9.58. The third-order valence-corrected chi connectivity index (χ3v) is 2.41. The Bertz CT molecular complexity index is 298. The third-order valence-electron chi connectivity index (χ3n) is 2.41.